The minimum atomic E-state index is 1.19. The SMILES string of the molecule is Cc1ccc2c3c4c5ccc(C)cc5n(-c5ccccc5)c4ccc3n(-c3ccccc3)c2c1. The lowest BCUT2D eigenvalue weighted by Gasteiger charge is -2.09. The predicted octanol–water partition coefficient (Wildman–Crippen LogP) is 8.50. The normalized spacial score (nSPS) is 11.8. The van der Waals surface area contributed by atoms with Crippen LogP contribution in [0.5, 0.6) is 0 Å². The van der Waals surface area contributed by atoms with E-state index >= 15 is 0 Å². The lowest BCUT2D eigenvalue weighted by molar-refractivity contribution is 1.17. The Labute approximate surface area is 198 Å². The second kappa shape index (κ2) is 7.10. The zero-order valence-corrected chi connectivity index (χ0v) is 19.3. The molecule has 0 aliphatic carbocycles. The number of aromatic nitrogens is 2. The third-order valence-corrected chi connectivity index (χ3v) is 7.00. The highest BCUT2D eigenvalue weighted by molar-refractivity contribution is 6.29. The van der Waals surface area contributed by atoms with E-state index in [1.807, 2.05) is 0 Å². The van der Waals surface area contributed by atoms with E-state index in [0.29, 0.717) is 0 Å². The number of aryl methyl sites for hydroxylation is 2. The molecule has 0 aliphatic rings. The van der Waals surface area contributed by atoms with Crippen LogP contribution in [-0.2, 0) is 0 Å². The number of para-hydroxylation sites is 2. The molecule has 0 amide bonds. The van der Waals surface area contributed by atoms with Gasteiger partial charge in [-0.2, -0.15) is 0 Å². The molecule has 2 nitrogen and oxygen atoms in total. The van der Waals surface area contributed by atoms with E-state index < -0.39 is 0 Å². The molecule has 7 rings (SSSR count). The van der Waals surface area contributed by atoms with Crippen LogP contribution in [0.2, 0.25) is 0 Å². The van der Waals surface area contributed by atoms with Crippen LogP contribution in [-0.4, -0.2) is 9.13 Å². The molecule has 0 unspecified atom stereocenters. The van der Waals surface area contributed by atoms with Crippen molar-refractivity contribution in [2.45, 2.75) is 13.8 Å². The van der Waals surface area contributed by atoms with Crippen molar-refractivity contribution >= 4 is 43.6 Å². The lowest BCUT2D eigenvalue weighted by Crippen LogP contribution is -1.94. The second-order valence-corrected chi connectivity index (χ2v) is 9.24. The van der Waals surface area contributed by atoms with Crippen molar-refractivity contribution in [3.63, 3.8) is 0 Å². The maximum Gasteiger partial charge on any atom is 0.0548 e. The first-order valence-electron chi connectivity index (χ1n) is 11.8. The summed E-state index contributed by atoms with van der Waals surface area (Å²) in [4.78, 5) is 0. The Kier molecular flexibility index (Phi) is 4.01. The van der Waals surface area contributed by atoms with Crippen LogP contribution in [0, 0.1) is 13.8 Å². The number of hydrogen-bond acceptors (Lipinski definition) is 0. The molecule has 2 aromatic heterocycles. The largest absolute Gasteiger partial charge is 0.309 e. The van der Waals surface area contributed by atoms with Crippen molar-refractivity contribution in [1.29, 1.82) is 0 Å². The first kappa shape index (κ1) is 19.2. The molecule has 2 heteroatoms. The standard InChI is InChI=1S/C32H24N2/c1-21-13-15-25-29(19-21)33(23-9-5-3-6-10-23)27-17-18-28-32(31(25)27)26-16-14-22(2)20-30(26)34(28)24-11-7-4-8-12-24/h3-20H,1-2H3. The van der Waals surface area contributed by atoms with Gasteiger partial charge in [-0.3, -0.25) is 0 Å². The van der Waals surface area contributed by atoms with Gasteiger partial charge in [0.25, 0.3) is 0 Å². The molecular weight excluding hydrogens is 412 g/mol. The first-order valence-corrected chi connectivity index (χ1v) is 11.8. The topological polar surface area (TPSA) is 9.86 Å². The molecule has 0 spiro atoms. The van der Waals surface area contributed by atoms with Crippen molar-refractivity contribution in [3.8, 4) is 11.4 Å². The molecule has 0 radical (unpaired) electrons. The number of rotatable bonds is 2. The third-order valence-electron chi connectivity index (χ3n) is 7.00. The summed E-state index contributed by atoms with van der Waals surface area (Å²) >= 11 is 0. The number of nitrogens with zero attached hydrogens (tertiary/aromatic N) is 2. The fourth-order valence-electron chi connectivity index (χ4n) is 5.54. The molecule has 0 aliphatic heterocycles. The fraction of sp³-hybridized carbons (Fsp3) is 0.0625. The molecule has 2 heterocycles. The van der Waals surface area contributed by atoms with Crippen molar-refractivity contribution < 1.29 is 0 Å². The van der Waals surface area contributed by atoms with Gasteiger partial charge in [-0.1, -0.05) is 60.7 Å². The summed E-state index contributed by atoms with van der Waals surface area (Å²) < 4.78 is 4.83. The van der Waals surface area contributed by atoms with Crippen molar-refractivity contribution in [1.82, 2.24) is 9.13 Å². The third kappa shape index (κ3) is 2.63. The second-order valence-electron chi connectivity index (χ2n) is 9.24. The summed E-state index contributed by atoms with van der Waals surface area (Å²) in [7, 11) is 0. The van der Waals surface area contributed by atoms with Gasteiger partial charge in [-0.05, 0) is 73.5 Å². The van der Waals surface area contributed by atoms with Crippen LogP contribution < -0.4 is 0 Å². The van der Waals surface area contributed by atoms with Crippen LogP contribution in [0.4, 0.5) is 0 Å². The van der Waals surface area contributed by atoms with Gasteiger partial charge in [-0.25, -0.2) is 0 Å². The van der Waals surface area contributed by atoms with E-state index in [0.717, 1.165) is 0 Å². The van der Waals surface area contributed by atoms with Gasteiger partial charge in [0.2, 0.25) is 0 Å². The van der Waals surface area contributed by atoms with Crippen LogP contribution in [0.3, 0.4) is 0 Å². The summed E-state index contributed by atoms with van der Waals surface area (Å²) in [6.45, 7) is 4.35. The average Bonchev–Trinajstić information content (AvgIpc) is 3.36. The molecule has 162 valence electrons. The molecule has 0 saturated heterocycles. The highest BCUT2D eigenvalue weighted by Gasteiger charge is 2.20. The summed E-state index contributed by atoms with van der Waals surface area (Å²) in [6.07, 6.45) is 0. The van der Waals surface area contributed by atoms with Crippen molar-refractivity contribution in [3.05, 3.63) is 120 Å². The van der Waals surface area contributed by atoms with Gasteiger partial charge >= 0.3 is 0 Å². The van der Waals surface area contributed by atoms with Gasteiger partial charge in [0.15, 0.2) is 0 Å². The molecule has 0 fully saturated rings. The number of hydrogen-bond donors (Lipinski definition) is 0. The molecule has 34 heavy (non-hydrogen) atoms. The van der Waals surface area contributed by atoms with Gasteiger partial charge in [0, 0.05) is 32.9 Å². The zero-order valence-electron chi connectivity index (χ0n) is 19.3. The van der Waals surface area contributed by atoms with Crippen LogP contribution in [0.25, 0.3) is 55.0 Å². The van der Waals surface area contributed by atoms with Crippen LogP contribution in [0.15, 0.2) is 109 Å². The van der Waals surface area contributed by atoms with E-state index in [9.17, 15) is 0 Å². The van der Waals surface area contributed by atoms with Crippen LogP contribution >= 0.6 is 0 Å². The Morgan fingerprint density at radius 2 is 0.824 bits per heavy atom. The molecule has 0 saturated carbocycles. The van der Waals surface area contributed by atoms with Gasteiger partial charge in [0.05, 0.1) is 22.1 Å². The maximum atomic E-state index is 2.41. The van der Waals surface area contributed by atoms with Crippen molar-refractivity contribution in [2.24, 2.45) is 0 Å². The zero-order chi connectivity index (χ0) is 22.8. The highest BCUT2D eigenvalue weighted by atomic mass is 15.0. The summed E-state index contributed by atoms with van der Waals surface area (Å²) in [6, 6.07) is 39.7. The number of benzene rings is 5. The lowest BCUT2D eigenvalue weighted by atomic mass is 10.0. The highest BCUT2D eigenvalue weighted by Crippen LogP contribution is 2.42. The maximum absolute atomic E-state index is 2.41. The van der Waals surface area contributed by atoms with E-state index in [1.54, 1.807) is 0 Å². The smallest absolute Gasteiger partial charge is 0.0548 e. The first-order chi connectivity index (χ1) is 16.7. The summed E-state index contributed by atoms with van der Waals surface area (Å²) in [5.74, 6) is 0. The Bertz CT molecular complexity index is 1710. The fourth-order valence-corrected chi connectivity index (χ4v) is 5.54. The minimum Gasteiger partial charge on any atom is -0.309 e. The van der Waals surface area contributed by atoms with Gasteiger partial charge in [0.1, 0.15) is 0 Å². The molecule has 0 bridgehead atoms. The van der Waals surface area contributed by atoms with E-state index in [-0.39, 0.29) is 0 Å². The molecule has 5 aromatic carbocycles. The van der Waals surface area contributed by atoms with E-state index in [1.165, 1.54) is 66.1 Å². The Morgan fingerprint density at radius 3 is 1.24 bits per heavy atom. The number of fused-ring (bicyclic) bond motifs is 7. The predicted molar refractivity (Wildman–Crippen MR) is 145 cm³/mol. The monoisotopic (exact) mass is 436 g/mol. The molecule has 0 N–H and O–H groups in total. The molecule has 7 aromatic rings. The quantitative estimate of drug-likeness (QED) is 0.257. The van der Waals surface area contributed by atoms with Crippen LogP contribution in [0.1, 0.15) is 11.1 Å². The summed E-state index contributed by atoms with van der Waals surface area (Å²) in [5, 5.41) is 5.23. The minimum absolute atomic E-state index is 1.19. The summed E-state index contributed by atoms with van der Waals surface area (Å²) in [5.41, 5.74) is 9.91. The van der Waals surface area contributed by atoms with Crippen molar-refractivity contribution in [2.75, 3.05) is 0 Å². The van der Waals surface area contributed by atoms with Gasteiger partial charge in [-0.15, -0.1) is 0 Å². The average molecular weight is 437 g/mol. The Morgan fingerprint density at radius 1 is 0.412 bits per heavy atom. The Balaban J connectivity index is 1.75. The molecular formula is C32H24N2. The Hall–Kier alpha value is -4.30. The van der Waals surface area contributed by atoms with Gasteiger partial charge < -0.3 is 9.13 Å². The van der Waals surface area contributed by atoms with E-state index in [4.69, 9.17) is 0 Å². The van der Waals surface area contributed by atoms with E-state index in [2.05, 4.69) is 132 Å². The molecule has 0 atom stereocenters.